The molecule has 0 aliphatic heterocycles. The molecule has 2 aromatic rings. The molecule has 3 rings (SSSR count). The molecule has 1 amide bonds. The molecule has 1 heterocycles. The van der Waals surface area contributed by atoms with Crippen LogP contribution in [-0.2, 0) is 0 Å². The summed E-state index contributed by atoms with van der Waals surface area (Å²) in [7, 11) is 0. The first kappa shape index (κ1) is 17.0. The third kappa shape index (κ3) is 3.65. The third-order valence-electron chi connectivity index (χ3n) is 4.33. The SMILES string of the molecule is N/C=C(/CO)N(N)C1CC(NC(=O)c2cc(-c3ccccc3)on2)C1. The second-order valence-electron chi connectivity index (χ2n) is 5.96. The van der Waals surface area contributed by atoms with Crippen LogP contribution in [0.5, 0.6) is 0 Å². The molecule has 0 unspecified atom stereocenters. The minimum absolute atomic E-state index is 0.00172. The second kappa shape index (κ2) is 7.37. The van der Waals surface area contributed by atoms with E-state index in [2.05, 4.69) is 10.5 Å². The third-order valence-corrected chi connectivity index (χ3v) is 4.33. The molecule has 0 radical (unpaired) electrons. The zero-order valence-corrected chi connectivity index (χ0v) is 13.6. The van der Waals surface area contributed by atoms with E-state index in [0.29, 0.717) is 24.3 Å². The molecule has 1 aliphatic rings. The lowest BCUT2D eigenvalue weighted by Gasteiger charge is -2.42. The van der Waals surface area contributed by atoms with Gasteiger partial charge in [-0.15, -0.1) is 0 Å². The highest BCUT2D eigenvalue weighted by Gasteiger charge is 2.35. The van der Waals surface area contributed by atoms with Gasteiger partial charge >= 0.3 is 0 Å². The fraction of sp³-hybridized carbons (Fsp3) is 0.294. The van der Waals surface area contributed by atoms with Crippen molar-refractivity contribution in [1.82, 2.24) is 15.5 Å². The molecule has 0 bridgehead atoms. The van der Waals surface area contributed by atoms with Gasteiger partial charge in [-0.1, -0.05) is 35.5 Å². The average Bonchev–Trinajstić information content (AvgIpc) is 3.09. The molecule has 0 atom stereocenters. The summed E-state index contributed by atoms with van der Waals surface area (Å²) >= 11 is 0. The Morgan fingerprint density at radius 3 is 2.76 bits per heavy atom. The molecule has 1 aromatic carbocycles. The van der Waals surface area contributed by atoms with Gasteiger partial charge in [-0.25, -0.2) is 5.84 Å². The van der Waals surface area contributed by atoms with Gasteiger partial charge in [0.2, 0.25) is 0 Å². The predicted molar refractivity (Wildman–Crippen MR) is 91.6 cm³/mol. The molecule has 6 N–H and O–H groups in total. The van der Waals surface area contributed by atoms with Gasteiger partial charge in [-0.05, 0) is 12.8 Å². The van der Waals surface area contributed by atoms with Gasteiger partial charge in [0.15, 0.2) is 11.5 Å². The first-order chi connectivity index (χ1) is 12.1. The Balaban J connectivity index is 1.54. The molecular weight excluding hydrogens is 322 g/mol. The van der Waals surface area contributed by atoms with Crippen molar-refractivity contribution in [3.63, 3.8) is 0 Å². The number of aromatic nitrogens is 1. The molecule has 1 fully saturated rings. The minimum Gasteiger partial charge on any atom is -0.403 e. The fourth-order valence-corrected chi connectivity index (χ4v) is 2.77. The Bertz CT molecular complexity index is 753. The molecule has 1 saturated carbocycles. The van der Waals surface area contributed by atoms with Crippen molar-refractivity contribution in [3.05, 3.63) is 54.0 Å². The molecule has 25 heavy (non-hydrogen) atoms. The van der Waals surface area contributed by atoms with E-state index in [-0.39, 0.29) is 30.3 Å². The van der Waals surface area contributed by atoms with Gasteiger partial charge < -0.3 is 25.7 Å². The lowest BCUT2D eigenvalue weighted by molar-refractivity contribution is 0.0801. The topological polar surface area (TPSA) is 131 Å². The number of nitrogens with one attached hydrogen (secondary N) is 1. The summed E-state index contributed by atoms with van der Waals surface area (Å²) in [6.45, 7) is -0.221. The number of aliphatic hydroxyl groups excluding tert-OH is 1. The van der Waals surface area contributed by atoms with Crippen LogP contribution in [0.15, 0.2) is 52.8 Å². The number of hydrogen-bond acceptors (Lipinski definition) is 7. The number of rotatable bonds is 6. The lowest BCUT2D eigenvalue weighted by atomic mass is 9.86. The van der Waals surface area contributed by atoms with Crippen molar-refractivity contribution in [2.24, 2.45) is 11.6 Å². The van der Waals surface area contributed by atoms with E-state index in [4.69, 9.17) is 21.2 Å². The van der Waals surface area contributed by atoms with Crippen LogP contribution in [-0.4, -0.2) is 39.9 Å². The smallest absolute Gasteiger partial charge is 0.273 e. The standard InChI is InChI=1S/C17H21N5O3/c18-9-14(10-23)22(19)13-6-12(7-13)20-17(24)15-8-16(25-21-15)11-4-2-1-3-5-11/h1-5,8-9,12-13,23H,6-7,10,18-19H2,(H,20,24)/b14-9-. The summed E-state index contributed by atoms with van der Waals surface area (Å²) in [4.78, 5) is 12.3. The summed E-state index contributed by atoms with van der Waals surface area (Å²) < 4.78 is 5.24. The molecular formula is C17H21N5O3. The summed E-state index contributed by atoms with van der Waals surface area (Å²) in [5.74, 6) is 6.17. The Morgan fingerprint density at radius 2 is 2.12 bits per heavy atom. The van der Waals surface area contributed by atoms with Crippen LogP contribution >= 0.6 is 0 Å². The zero-order valence-electron chi connectivity index (χ0n) is 13.6. The van der Waals surface area contributed by atoms with E-state index >= 15 is 0 Å². The fourth-order valence-electron chi connectivity index (χ4n) is 2.77. The van der Waals surface area contributed by atoms with E-state index in [1.165, 1.54) is 11.2 Å². The Kier molecular flexibility index (Phi) is 5.01. The van der Waals surface area contributed by atoms with Gasteiger partial charge in [0.05, 0.1) is 12.3 Å². The van der Waals surface area contributed by atoms with Gasteiger partial charge in [0, 0.05) is 29.9 Å². The maximum absolute atomic E-state index is 12.3. The highest BCUT2D eigenvalue weighted by Crippen LogP contribution is 2.26. The predicted octanol–water partition coefficient (Wildman–Crippen LogP) is 0.571. The average molecular weight is 343 g/mol. The number of hydrazine groups is 1. The van der Waals surface area contributed by atoms with Crippen molar-refractivity contribution in [3.8, 4) is 11.3 Å². The molecule has 0 saturated heterocycles. The van der Waals surface area contributed by atoms with E-state index in [9.17, 15) is 4.79 Å². The normalized spacial score (nSPS) is 20.0. The van der Waals surface area contributed by atoms with Crippen molar-refractivity contribution < 1.29 is 14.4 Å². The van der Waals surface area contributed by atoms with Crippen LogP contribution in [0.3, 0.4) is 0 Å². The molecule has 1 aromatic heterocycles. The maximum Gasteiger partial charge on any atom is 0.273 e. The molecule has 0 spiro atoms. The Morgan fingerprint density at radius 1 is 1.40 bits per heavy atom. The number of hydrogen-bond donors (Lipinski definition) is 4. The first-order valence-electron chi connectivity index (χ1n) is 8.01. The Labute approximate surface area is 145 Å². The lowest BCUT2D eigenvalue weighted by Crippen LogP contribution is -2.56. The highest BCUT2D eigenvalue weighted by atomic mass is 16.5. The van der Waals surface area contributed by atoms with Crippen LogP contribution in [0.25, 0.3) is 11.3 Å². The number of carbonyl (C=O) groups excluding carboxylic acids is 1. The van der Waals surface area contributed by atoms with Gasteiger partial charge in [0.25, 0.3) is 5.91 Å². The number of benzene rings is 1. The van der Waals surface area contributed by atoms with Crippen molar-refractivity contribution in [1.29, 1.82) is 0 Å². The van der Waals surface area contributed by atoms with Crippen LogP contribution in [0.1, 0.15) is 23.3 Å². The molecule has 8 heteroatoms. The molecule has 1 aliphatic carbocycles. The quantitative estimate of drug-likeness (QED) is 0.445. The molecule has 132 valence electrons. The van der Waals surface area contributed by atoms with Crippen LogP contribution in [0.2, 0.25) is 0 Å². The number of nitrogens with two attached hydrogens (primary N) is 2. The monoisotopic (exact) mass is 343 g/mol. The number of carbonyl (C=O) groups is 1. The Hall–Kier alpha value is -2.84. The van der Waals surface area contributed by atoms with Crippen LogP contribution in [0.4, 0.5) is 0 Å². The summed E-state index contributed by atoms with van der Waals surface area (Å²) in [5, 5.41) is 17.3. The van der Waals surface area contributed by atoms with Crippen LogP contribution < -0.4 is 16.9 Å². The van der Waals surface area contributed by atoms with E-state index in [0.717, 1.165) is 5.56 Å². The zero-order chi connectivity index (χ0) is 17.8. The number of amides is 1. The second-order valence-corrected chi connectivity index (χ2v) is 5.96. The van der Waals surface area contributed by atoms with Crippen molar-refractivity contribution >= 4 is 5.91 Å². The van der Waals surface area contributed by atoms with Gasteiger partial charge in [0.1, 0.15) is 0 Å². The van der Waals surface area contributed by atoms with E-state index < -0.39 is 0 Å². The largest absolute Gasteiger partial charge is 0.403 e. The summed E-state index contributed by atoms with van der Waals surface area (Å²) in [6.07, 6.45) is 2.62. The minimum atomic E-state index is -0.283. The summed E-state index contributed by atoms with van der Waals surface area (Å²) in [5.41, 5.74) is 6.97. The van der Waals surface area contributed by atoms with Crippen LogP contribution in [0, 0.1) is 0 Å². The number of aliphatic hydroxyl groups is 1. The molecule has 8 nitrogen and oxygen atoms in total. The highest BCUT2D eigenvalue weighted by molar-refractivity contribution is 5.93. The van der Waals surface area contributed by atoms with E-state index in [1.807, 2.05) is 30.3 Å². The number of nitrogens with zero attached hydrogens (tertiary/aromatic N) is 2. The summed E-state index contributed by atoms with van der Waals surface area (Å²) in [6, 6.07) is 11.1. The van der Waals surface area contributed by atoms with Crippen molar-refractivity contribution in [2.75, 3.05) is 6.61 Å². The van der Waals surface area contributed by atoms with Gasteiger partial charge in [-0.2, -0.15) is 0 Å². The van der Waals surface area contributed by atoms with Gasteiger partial charge in [-0.3, -0.25) is 4.79 Å². The first-order valence-corrected chi connectivity index (χ1v) is 8.01. The van der Waals surface area contributed by atoms with E-state index in [1.54, 1.807) is 6.07 Å². The maximum atomic E-state index is 12.3. The van der Waals surface area contributed by atoms with Crippen molar-refractivity contribution in [2.45, 2.75) is 24.9 Å².